The van der Waals surface area contributed by atoms with Gasteiger partial charge in [-0.05, 0) is 43.2 Å². The average Bonchev–Trinajstić information content (AvgIpc) is 2.53. The fraction of sp³-hybridized carbons (Fsp3) is 0.235. The standard InChI is InChI=1S/C17H17ClN2O4/c1-12-10-13(18)7-8-16(12)24-9-3-6-17(21)19-14-4-2-5-15(11-14)20(22)23/h2,4-5,7-8,10-11H,3,6,9H2,1H3,(H,19,21). The van der Waals surface area contributed by atoms with Crippen LogP contribution in [0.3, 0.4) is 0 Å². The Hall–Kier alpha value is -2.60. The summed E-state index contributed by atoms with van der Waals surface area (Å²) in [6, 6.07) is 11.2. The van der Waals surface area contributed by atoms with E-state index in [2.05, 4.69) is 5.32 Å². The van der Waals surface area contributed by atoms with Gasteiger partial charge in [-0.15, -0.1) is 0 Å². The number of hydrogen-bond donors (Lipinski definition) is 1. The summed E-state index contributed by atoms with van der Waals surface area (Å²) >= 11 is 5.88. The number of carbonyl (C=O) groups is 1. The van der Waals surface area contributed by atoms with Crippen molar-refractivity contribution in [3.05, 3.63) is 63.2 Å². The zero-order valence-electron chi connectivity index (χ0n) is 13.1. The second kappa shape index (κ2) is 8.31. The lowest BCUT2D eigenvalue weighted by Gasteiger charge is -2.09. The summed E-state index contributed by atoms with van der Waals surface area (Å²) in [6.45, 7) is 2.29. The van der Waals surface area contributed by atoms with E-state index in [0.29, 0.717) is 23.7 Å². The van der Waals surface area contributed by atoms with Crippen LogP contribution < -0.4 is 10.1 Å². The number of non-ortho nitro benzene ring substituents is 1. The van der Waals surface area contributed by atoms with Crippen molar-refractivity contribution in [1.29, 1.82) is 0 Å². The molecule has 0 saturated heterocycles. The lowest BCUT2D eigenvalue weighted by molar-refractivity contribution is -0.384. The molecule has 0 radical (unpaired) electrons. The molecule has 0 fully saturated rings. The molecule has 2 aromatic rings. The Morgan fingerprint density at radius 3 is 2.79 bits per heavy atom. The van der Waals surface area contributed by atoms with Crippen LogP contribution in [0.1, 0.15) is 18.4 Å². The number of nitrogens with zero attached hydrogens (tertiary/aromatic N) is 1. The molecule has 0 spiro atoms. The highest BCUT2D eigenvalue weighted by Crippen LogP contribution is 2.22. The molecular weight excluding hydrogens is 332 g/mol. The van der Waals surface area contributed by atoms with E-state index in [0.717, 1.165) is 11.3 Å². The van der Waals surface area contributed by atoms with Crippen molar-refractivity contribution in [2.45, 2.75) is 19.8 Å². The van der Waals surface area contributed by atoms with Gasteiger partial charge in [0.1, 0.15) is 5.75 Å². The van der Waals surface area contributed by atoms with E-state index in [4.69, 9.17) is 16.3 Å². The zero-order valence-corrected chi connectivity index (χ0v) is 13.9. The number of ether oxygens (including phenoxy) is 1. The van der Waals surface area contributed by atoms with Gasteiger partial charge in [0.15, 0.2) is 0 Å². The van der Waals surface area contributed by atoms with E-state index in [1.165, 1.54) is 18.2 Å². The number of nitrogens with one attached hydrogen (secondary N) is 1. The van der Waals surface area contributed by atoms with E-state index < -0.39 is 4.92 Å². The topological polar surface area (TPSA) is 81.5 Å². The van der Waals surface area contributed by atoms with Crippen LogP contribution in [-0.2, 0) is 4.79 Å². The fourth-order valence-corrected chi connectivity index (χ4v) is 2.34. The molecule has 0 aliphatic carbocycles. The maximum atomic E-state index is 11.9. The number of amides is 1. The van der Waals surface area contributed by atoms with E-state index in [-0.39, 0.29) is 18.0 Å². The summed E-state index contributed by atoms with van der Waals surface area (Å²) in [7, 11) is 0. The zero-order chi connectivity index (χ0) is 17.5. The van der Waals surface area contributed by atoms with E-state index >= 15 is 0 Å². The summed E-state index contributed by atoms with van der Waals surface area (Å²) in [5.41, 5.74) is 1.28. The van der Waals surface area contributed by atoms with E-state index in [1.54, 1.807) is 18.2 Å². The van der Waals surface area contributed by atoms with Gasteiger partial charge >= 0.3 is 0 Å². The molecular formula is C17H17ClN2O4. The lowest BCUT2D eigenvalue weighted by atomic mass is 10.2. The summed E-state index contributed by atoms with van der Waals surface area (Å²) in [5.74, 6) is 0.519. The van der Waals surface area contributed by atoms with Gasteiger partial charge in [0.25, 0.3) is 5.69 Å². The Kier molecular flexibility index (Phi) is 6.14. The summed E-state index contributed by atoms with van der Waals surface area (Å²) in [4.78, 5) is 22.1. The highest BCUT2D eigenvalue weighted by Gasteiger charge is 2.08. The number of nitro groups is 1. The van der Waals surface area contributed by atoms with Crippen LogP contribution in [0.25, 0.3) is 0 Å². The minimum absolute atomic E-state index is 0.0608. The first-order valence-electron chi connectivity index (χ1n) is 7.39. The molecule has 1 amide bonds. The smallest absolute Gasteiger partial charge is 0.271 e. The van der Waals surface area contributed by atoms with Crippen LogP contribution in [0, 0.1) is 17.0 Å². The number of rotatable bonds is 7. The van der Waals surface area contributed by atoms with Crippen molar-refractivity contribution >= 4 is 28.9 Å². The molecule has 0 saturated carbocycles. The SMILES string of the molecule is Cc1cc(Cl)ccc1OCCCC(=O)Nc1cccc([N+](=O)[O-])c1. The second-order valence-corrected chi connectivity index (χ2v) is 5.65. The monoisotopic (exact) mass is 348 g/mol. The number of hydrogen-bond acceptors (Lipinski definition) is 4. The maximum absolute atomic E-state index is 11.9. The fourth-order valence-electron chi connectivity index (χ4n) is 2.11. The molecule has 2 aromatic carbocycles. The van der Waals surface area contributed by atoms with Crippen LogP contribution in [0.2, 0.25) is 5.02 Å². The van der Waals surface area contributed by atoms with Crippen LogP contribution in [0.15, 0.2) is 42.5 Å². The number of aryl methyl sites for hydroxylation is 1. The maximum Gasteiger partial charge on any atom is 0.271 e. The molecule has 24 heavy (non-hydrogen) atoms. The molecule has 0 heterocycles. The Bertz CT molecular complexity index is 749. The molecule has 2 rings (SSSR count). The second-order valence-electron chi connectivity index (χ2n) is 5.22. The molecule has 1 N–H and O–H groups in total. The third-order valence-corrected chi connectivity index (χ3v) is 3.52. The number of halogens is 1. The van der Waals surface area contributed by atoms with Gasteiger partial charge < -0.3 is 10.1 Å². The Morgan fingerprint density at radius 2 is 2.08 bits per heavy atom. The van der Waals surface area contributed by atoms with Gasteiger partial charge in [-0.1, -0.05) is 17.7 Å². The molecule has 0 bridgehead atoms. The summed E-state index contributed by atoms with van der Waals surface area (Å²) < 4.78 is 5.62. The molecule has 0 unspecified atom stereocenters. The number of anilines is 1. The third-order valence-electron chi connectivity index (χ3n) is 3.28. The van der Waals surface area contributed by atoms with Crippen molar-refractivity contribution < 1.29 is 14.5 Å². The minimum Gasteiger partial charge on any atom is -0.493 e. The quantitative estimate of drug-likeness (QED) is 0.458. The van der Waals surface area contributed by atoms with E-state index in [1.807, 2.05) is 13.0 Å². The Morgan fingerprint density at radius 1 is 1.29 bits per heavy atom. The van der Waals surface area contributed by atoms with Crippen LogP contribution in [0.5, 0.6) is 5.75 Å². The highest BCUT2D eigenvalue weighted by molar-refractivity contribution is 6.30. The Balaban J connectivity index is 1.77. The Labute approximate surface area is 144 Å². The number of carbonyl (C=O) groups excluding carboxylic acids is 1. The molecule has 0 aliphatic rings. The van der Waals surface area contributed by atoms with Gasteiger partial charge in [-0.3, -0.25) is 14.9 Å². The van der Waals surface area contributed by atoms with E-state index in [9.17, 15) is 14.9 Å². The lowest BCUT2D eigenvalue weighted by Crippen LogP contribution is -2.13. The normalized spacial score (nSPS) is 10.2. The van der Waals surface area contributed by atoms with Gasteiger partial charge in [0, 0.05) is 29.3 Å². The predicted molar refractivity (Wildman–Crippen MR) is 92.6 cm³/mol. The summed E-state index contributed by atoms with van der Waals surface area (Å²) in [6.07, 6.45) is 0.790. The molecule has 126 valence electrons. The molecule has 0 aliphatic heterocycles. The van der Waals surface area contributed by atoms with Gasteiger partial charge in [0.2, 0.25) is 5.91 Å². The highest BCUT2D eigenvalue weighted by atomic mass is 35.5. The predicted octanol–water partition coefficient (Wildman–Crippen LogP) is 4.35. The molecule has 7 heteroatoms. The largest absolute Gasteiger partial charge is 0.493 e. The third kappa shape index (κ3) is 5.24. The van der Waals surface area contributed by atoms with Gasteiger partial charge in [0.05, 0.1) is 11.5 Å². The van der Waals surface area contributed by atoms with Gasteiger partial charge in [-0.2, -0.15) is 0 Å². The molecule has 0 atom stereocenters. The molecule has 6 nitrogen and oxygen atoms in total. The summed E-state index contributed by atoms with van der Waals surface area (Å²) in [5, 5.41) is 14.0. The van der Waals surface area contributed by atoms with Crippen LogP contribution >= 0.6 is 11.6 Å². The first-order chi connectivity index (χ1) is 11.5. The number of nitro benzene ring substituents is 1. The van der Waals surface area contributed by atoms with Crippen molar-refractivity contribution in [2.24, 2.45) is 0 Å². The first-order valence-corrected chi connectivity index (χ1v) is 7.77. The van der Waals surface area contributed by atoms with Crippen molar-refractivity contribution in [2.75, 3.05) is 11.9 Å². The molecule has 0 aromatic heterocycles. The minimum atomic E-state index is -0.502. The van der Waals surface area contributed by atoms with Gasteiger partial charge in [-0.25, -0.2) is 0 Å². The first kappa shape index (κ1) is 17.7. The van der Waals surface area contributed by atoms with Crippen molar-refractivity contribution in [1.82, 2.24) is 0 Å². The van der Waals surface area contributed by atoms with Crippen LogP contribution in [0.4, 0.5) is 11.4 Å². The van der Waals surface area contributed by atoms with Crippen molar-refractivity contribution in [3.63, 3.8) is 0 Å². The number of benzene rings is 2. The van der Waals surface area contributed by atoms with Crippen LogP contribution in [-0.4, -0.2) is 17.4 Å². The van der Waals surface area contributed by atoms with Crippen molar-refractivity contribution in [3.8, 4) is 5.75 Å². The average molecular weight is 349 g/mol.